The predicted molar refractivity (Wildman–Crippen MR) is 86.6 cm³/mol. The SMILES string of the molecule is CCC(C)C(C)NS(=O)(=O)c1cc(C(N)=S)ccc1Cl. The van der Waals surface area contributed by atoms with Crippen LogP contribution in [0.5, 0.6) is 0 Å². The van der Waals surface area contributed by atoms with Gasteiger partial charge in [0, 0.05) is 11.6 Å². The summed E-state index contributed by atoms with van der Waals surface area (Å²) in [4.78, 5) is 0.132. The molecule has 0 fully saturated rings. The molecule has 3 N–H and O–H groups in total. The van der Waals surface area contributed by atoms with Crippen molar-refractivity contribution in [3.05, 3.63) is 28.8 Å². The highest BCUT2D eigenvalue weighted by molar-refractivity contribution is 7.89. The third kappa shape index (κ3) is 4.15. The Bertz CT molecular complexity index is 602. The van der Waals surface area contributed by atoms with Crippen molar-refractivity contribution in [2.75, 3.05) is 0 Å². The number of hydrogen-bond acceptors (Lipinski definition) is 3. The molecule has 0 saturated heterocycles. The van der Waals surface area contributed by atoms with Crippen LogP contribution in [0.1, 0.15) is 32.8 Å². The minimum atomic E-state index is -3.70. The first kappa shape index (κ1) is 17.4. The number of halogens is 1. The molecule has 0 amide bonds. The number of hydrogen-bond donors (Lipinski definition) is 2. The largest absolute Gasteiger partial charge is 0.389 e. The average molecular weight is 335 g/mol. The number of thiocarbonyl (C=S) groups is 1. The summed E-state index contributed by atoms with van der Waals surface area (Å²) >= 11 is 10.8. The molecular weight excluding hydrogens is 316 g/mol. The summed E-state index contributed by atoms with van der Waals surface area (Å²) in [6.07, 6.45) is 0.879. The summed E-state index contributed by atoms with van der Waals surface area (Å²) in [7, 11) is -3.70. The third-order valence-electron chi connectivity index (χ3n) is 3.34. The molecule has 0 saturated carbocycles. The molecular formula is C13H19ClN2O2S2. The zero-order valence-corrected chi connectivity index (χ0v) is 14.1. The Hall–Kier alpha value is -0.690. The van der Waals surface area contributed by atoms with Gasteiger partial charge in [-0.3, -0.25) is 0 Å². The fourth-order valence-corrected chi connectivity index (χ4v) is 3.65. The lowest BCUT2D eigenvalue weighted by Gasteiger charge is -2.20. The predicted octanol–water partition coefficient (Wildman–Crippen LogP) is 2.69. The van der Waals surface area contributed by atoms with Crippen LogP contribution >= 0.6 is 23.8 Å². The van der Waals surface area contributed by atoms with Gasteiger partial charge in [-0.05, 0) is 25.0 Å². The van der Waals surface area contributed by atoms with Crippen LogP contribution in [0.4, 0.5) is 0 Å². The molecule has 0 heterocycles. The van der Waals surface area contributed by atoms with E-state index in [4.69, 9.17) is 29.6 Å². The maximum Gasteiger partial charge on any atom is 0.242 e. The number of benzene rings is 1. The first-order chi connectivity index (χ1) is 9.19. The second kappa shape index (κ2) is 6.85. The van der Waals surface area contributed by atoms with Crippen molar-refractivity contribution in [2.45, 2.75) is 38.1 Å². The smallest absolute Gasteiger partial charge is 0.242 e. The molecule has 1 aromatic carbocycles. The summed E-state index contributed by atoms with van der Waals surface area (Å²) in [5.41, 5.74) is 5.99. The highest BCUT2D eigenvalue weighted by Gasteiger charge is 2.23. The van der Waals surface area contributed by atoms with Gasteiger partial charge in [0.2, 0.25) is 10.0 Å². The lowest BCUT2D eigenvalue weighted by molar-refractivity contribution is 0.434. The Morgan fingerprint density at radius 1 is 1.45 bits per heavy atom. The van der Waals surface area contributed by atoms with E-state index in [1.165, 1.54) is 12.1 Å². The summed E-state index contributed by atoms with van der Waals surface area (Å²) < 4.78 is 27.4. The second-order valence-corrected chi connectivity index (χ2v) is 7.33. The fourth-order valence-electron chi connectivity index (χ4n) is 1.64. The number of nitrogens with two attached hydrogens (primary N) is 1. The molecule has 2 unspecified atom stereocenters. The van der Waals surface area contributed by atoms with Crippen LogP contribution in [0, 0.1) is 5.92 Å². The van der Waals surface area contributed by atoms with Gasteiger partial charge in [0.25, 0.3) is 0 Å². The average Bonchev–Trinajstić information content (AvgIpc) is 2.37. The van der Waals surface area contributed by atoms with E-state index in [-0.39, 0.29) is 26.9 Å². The van der Waals surface area contributed by atoms with Crippen LogP contribution in [0.3, 0.4) is 0 Å². The van der Waals surface area contributed by atoms with Crippen molar-refractivity contribution in [1.29, 1.82) is 0 Å². The lowest BCUT2D eigenvalue weighted by Crippen LogP contribution is -2.37. The highest BCUT2D eigenvalue weighted by Crippen LogP contribution is 2.23. The van der Waals surface area contributed by atoms with E-state index >= 15 is 0 Å². The molecule has 0 radical (unpaired) electrons. The number of nitrogens with one attached hydrogen (secondary N) is 1. The lowest BCUT2D eigenvalue weighted by atomic mass is 10.0. The highest BCUT2D eigenvalue weighted by atomic mass is 35.5. The van der Waals surface area contributed by atoms with Crippen LogP contribution in [-0.2, 0) is 10.0 Å². The van der Waals surface area contributed by atoms with E-state index in [1.807, 2.05) is 20.8 Å². The number of rotatable bonds is 6. The maximum absolute atomic E-state index is 12.4. The Kier molecular flexibility index (Phi) is 5.94. The Labute approximate surface area is 130 Å². The molecule has 2 atom stereocenters. The zero-order chi connectivity index (χ0) is 15.5. The molecule has 0 aliphatic carbocycles. The van der Waals surface area contributed by atoms with Gasteiger partial charge >= 0.3 is 0 Å². The summed E-state index contributed by atoms with van der Waals surface area (Å²) in [5.74, 6) is 0.224. The van der Waals surface area contributed by atoms with Crippen LogP contribution in [-0.4, -0.2) is 19.4 Å². The zero-order valence-electron chi connectivity index (χ0n) is 11.7. The van der Waals surface area contributed by atoms with Crippen molar-refractivity contribution >= 4 is 38.8 Å². The van der Waals surface area contributed by atoms with Gasteiger partial charge in [0.15, 0.2) is 0 Å². The first-order valence-corrected chi connectivity index (χ1v) is 8.57. The van der Waals surface area contributed by atoms with Gasteiger partial charge in [0.1, 0.15) is 9.88 Å². The van der Waals surface area contributed by atoms with E-state index < -0.39 is 10.0 Å². The van der Waals surface area contributed by atoms with Crippen LogP contribution in [0.15, 0.2) is 23.1 Å². The molecule has 1 aromatic rings. The van der Waals surface area contributed by atoms with Crippen molar-refractivity contribution < 1.29 is 8.42 Å². The third-order valence-corrected chi connectivity index (χ3v) is 5.62. The topological polar surface area (TPSA) is 72.2 Å². The standard InChI is InChI=1S/C13H19ClN2O2S2/c1-4-8(2)9(3)16-20(17,18)12-7-10(13(15)19)5-6-11(12)14/h5-9,16H,4H2,1-3H3,(H2,15,19). The molecule has 0 bridgehead atoms. The molecule has 7 heteroatoms. The molecule has 0 aliphatic rings. The quantitative estimate of drug-likeness (QED) is 0.784. The number of sulfonamides is 1. The van der Waals surface area contributed by atoms with E-state index in [0.717, 1.165) is 6.42 Å². The van der Waals surface area contributed by atoms with Gasteiger partial charge in [0.05, 0.1) is 5.02 Å². The van der Waals surface area contributed by atoms with Crippen LogP contribution in [0.2, 0.25) is 5.02 Å². The molecule has 1 rings (SSSR count). The Morgan fingerprint density at radius 3 is 2.55 bits per heavy atom. The normalized spacial score (nSPS) is 14.8. The summed E-state index contributed by atoms with van der Waals surface area (Å²) in [6.45, 7) is 5.83. The van der Waals surface area contributed by atoms with E-state index in [1.54, 1.807) is 6.07 Å². The molecule has 20 heavy (non-hydrogen) atoms. The molecule has 112 valence electrons. The monoisotopic (exact) mass is 334 g/mol. The Balaban J connectivity index is 3.15. The van der Waals surface area contributed by atoms with E-state index in [2.05, 4.69) is 4.72 Å². The van der Waals surface area contributed by atoms with E-state index in [0.29, 0.717) is 5.56 Å². The van der Waals surface area contributed by atoms with Gasteiger partial charge in [-0.25, -0.2) is 13.1 Å². The van der Waals surface area contributed by atoms with Crippen molar-refractivity contribution in [2.24, 2.45) is 11.7 Å². The summed E-state index contributed by atoms with van der Waals surface area (Å²) in [6, 6.07) is 4.30. The minimum Gasteiger partial charge on any atom is -0.389 e. The van der Waals surface area contributed by atoms with Gasteiger partial charge in [-0.15, -0.1) is 0 Å². The van der Waals surface area contributed by atoms with Gasteiger partial charge in [-0.2, -0.15) is 0 Å². The molecule has 0 aromatic heterocycles. The molecule has 4 nitrogen and oxygen atoms in total. The maximum atomic E-state index is 12.4. The summed E-state index contributed by atoms with van der Waals surface area (Å²) in [5, 5.41) is 0.147. The van der Waals surface area contributed by atoms with Crippen molar-refractivity contribution in [3.8, 4) is 0 Å². The van der Waals surface area contributed by atoms with E-state index in [9.17, 15) is 8.42 Å². The first-order valence-electron chi connectivity index (χ1n) is 6.30. The van der Waals surface area contributed by atoms with Crippen molar-refractivity contribution in [1.82, 2.24) is 4.72 Å². The second-order valence-electron chi connectivity index (χ2n) is 4.80. The molecule has 0 aliphatic heterocycles. The van der Waals surface area contributed by atoms with Crippen LogP contribution in [0.25, 0.3) is 0 Å². The van der Waals surface area contributed by atoms with Crippen molar-refractivity contribution in [3.63, 3.8) is 0 Å². The van der Waals surface area contributed by atoms with Gasteiger partial charge < -0.3 is 5.73 Å². The Morgan fingerprint density at radius 2 is 2.05 bits per heavy atom. The fraction of sp³-hybridized carbons (Fsp3) is 0.462. The van der Waals surface area contributed by atoms with Crippen LogP contribution < -0.4 is 10.5 Å². The van der Waals surface area contributed by atoms with Gasteiger partial charge in [-0.1, -0.05) is 50.2 Å². The molecule has 0 spiro atoms. The minimum absolute atomic E-state index is 0.000352.